The van der Waals surface area contributed by atoms with E-state index in [-0.39, 0.29) is 24.2 Å². The minimum atomic E-state index is -0.380. The second-order valence-corrected chi connectivity index (χ2v) is 6.38. The van der Waals surface area contributed by atoms with Crippen molar-refractivity contribution in [3.05, 3.63) is 66.4 Å². The number of ether oxygens (including phenoxy) is 1. The Hall–Kier alpha value is -3.75. The molecule has 0 bridgehead atoms. The molecule has 0 fully saturated rings. The van der Waals surface area contributed by atoms with Crippen LogP contribution in [-0.4, -0.2) is 26.9 Å². The highest BCUT2D eigenvalue weighted by atomic mass is 19.1. The van der Waals surface area contributed by atoms with Crippen LogP contribution in [0.2, 0.25) is 0 Å². The molecule has 0 saturated heterocycles. The number of benzene rings is 1. The van der Waals surface area contributed by atoms with Crippen molar-refractivity contribution in [2.75, 3.05) is 0 Å². The number of amides is 1. The molecule has 1 unspecified atom stereocenters. The molecule has 9 heteroatoms. The first kappa shape index (κ1) is 18.6. The quantitative estimate of drug-likeness (QED) is 0.689. The molecule has 1 aliphatic rings. The number of hydrogen-bond acceptors (Lipinski definition) is 7. The number of hydrogen-bond donors (Lipinski definition) is 1. The van der Waals surface area contributed by atoms with Gasteiger partial charge in [-0.2, -0.15) is 5.11 Å². The van der Waals surface area contributed by atoms with Gasteiger partial charge < -0.3 is 10.1 Å². The second kappa shape index (κ2) is 8.09. The summed E-state index contributed by atoms with van der Waals surface area (Å²) in [6.45, 7) is 1.99. The van der Waals surface area contributed by atoms with Crippen molar-refractivity contribution in [3.63, 3.8) is 0 Å². The topological polar surface area (TPSA) is 102 Å². The van der Waals surface area contributed by atoms with Crippen molar-refractivity contribution in [2.24, 2.45) is 10.2 Å². The number of nitrogens with one attached hydrogen (secondary N) is 1. The van der Waals surface area contributed by atoms with Crippen LogP contribution < -0.4 is 10.1 Å². The van der Waals surface area contributed by atoms with Gasteiger partial charge in [-0.05, 0) is 36.8 Å². The minimum absolute atomic E-state index is 0.00662. The molecule has 0 radical (unpaired) electrons. The Bertz CT molecular complexity index is 1110. The SMILES string of the molecule is CCC1C=C(NC(=O)Cc2ncc(Oc3ccnc4ccc(F)cc34)cn2)N=N1. The third kappa shape index (κ3) is 4.40. The summed E-state index contributed by atoms with van der Waals surface area (Å²) < 4.78 is 19.3. The fraction of sp³-hybridized carbons (Fsp3) is 0.200. The van der Waals surface area contributed by atoms with Gasteiger partial charge in [0.25, 0.3) is 0 Å². The van der Waals surface area contributed by atoms with Crippen molar-refractivity contribution in [3.8, 4) is 11.5 Å². The van der Waals surface area contributed by atoms with Crippen molar-refractivity contribution >= 4 is 16.8 Å². The summed E-state index contributed by atoms with van der Waals surface area (Å²) in [5.41, 5.74) is 0.613. The van der Waals surface area contributed by atoms with Crippen LogP contribution in [0, 0.1) is 5.82 Å². The molecule has 1 amide bonds. The lowest BCUT2D eigenvalue weighted by Gasteiger charge is -2.08. The van der Waals surface area contributed by atoms with Gasteiger partial charge in [0, 0.05) is 11.6 Å². The largest absolute Gasteiger partial charge is 0.453 e. The van der Waals surface area contributed by atoms with E-state index in [2.05, 4.69) is 30.5 Å². The molecule has 8 nitrogen and oxygen atoms in total. The van der Waals surface area contributed by atoms with E-state index in [1.165, 1.54) is 24.5 Å². The summed E-state index contributed by atoms with van der Waals surface area (Å²) in [7, 11) is 0. The van der Waals surface area contributed by atoms with Gasteiger partial charge in [0.2, 0.25) is 5.91 Å². The third-order valence-corrected chi connectivity index (χ3v) is 4.24. The predicted molar refractivity (Wildman–Crippen MR) is 103 cm³/mol. The zero-order chi connectivity index (χ0) is 20.2. The van der Waals surface area contributed by atoms with Gasteiger partial charge in [0.05, 0.1) is 30.4 Å². The molecule has 3 heterocycles. The highest BCUT2D eigenvalue weighted by Crippen LogP contribution is 2.28. The van der Waals surface area contributed by atoms with Crippen molar-refractivity contribution in [1.82, 2.24) is 20.3 Å². The molecule has 1 atom stereocenters. The number of pyridine rings is 1. The molecule has 3 aromatic rings. The lowest BCUT2D eigenvalue weighted by molar-refractivity contribution is -0.119. The lowest BCUT2D eigenvalue weighted by atomic mass is 10.2. The number of fused-ring (bicyclic) bond motifs is 1. The number of nitrogens with zero attached hydrogens (tertiary/aromatic N) is 5. The van der Waals surface area contributed by atoms with Gasteiger partial charge in [0.15, 0.2) is 11.6 Å². The molecule has 146 valence electrons. The van der Waals surface area contributed by atoms with Gasteiger partial charge in [-0.25, -0.2) is 14.4 Å². The maximum atomic E-state index is 13.6. The first-order valence-corrected chi connectivity index (χ1v) is 9.06. The molecule has 2 aromatic heterocycles. The second-order valence-electron chi connectivity index (χ2n) is 6.38. The molecule has 1 N–H and O–H groups in total. The van der Waals surface area contributed by atoms with E-state index < -0.39 is 0 Å². The summed E-state index contributed by atoms with van der Waals surface area (Å²) in [6, 6.07) is 5.92. The Morgan fingerprint density at radius 2 is 2.03 bits per heavy atom. The van der Waals surface area contributed by atoms with Crippen LogP contribution in [0.5, 0.6) is 11.5 Å². The first-order chi connectivity index (χ1) is 14.1. The molecule has 0 saturated carbocycles. The van der Waals surface area contributed by atoms with Crippen LogP contribution in [0.1, 0.15) is 19.2 Å². The fourth-order valence-electron chi connectivity index (χ4n) is 2.78. The smallest absolute Gasteiger partial charge is 0.233 e. The summed E-state index contributed by atoms with van der Waals surface area (Å²) in [4.78, 5) is 24.6. The molecule has 1 aromatic carbocycles. The lowest BCUT2D eigenvalue weighted by Crippen LogP contribution is -2.24. The summed E-state index contributed by atoms with van der Waals surface area (Å²) in [6.07, 6.45) is 7.12. The van der Waals surface area contributed by atoms with Gasteiger partial charge in [-0.3, -0.25) is 9.78 Å². The summed E-state index contributed by atoms with van der Waals surface area (Å²) >= 11 is 0. The summed E-state index contributed by atoms with van der Waals surface area (Å²) in [5.74, 6) is 0.921. The van der Waals surface area contributed by atoms with Crippen LogP contribution in [0.4, 0.5) is 4.39 Å². The zero-order valence-corrected chi connectivity index (χ0v) is 15.5. The Labute approximate surface area is 165 Å². The van der Waals surface area contributed by atoms with Gasteiger partial charge in [-0.15, -0.1) is 5.11 Å². The number of halogens is 1. The maximum Gasteiger partial charge on any atom is 0.233 e. The highest BCUT2D eigenvalue weighted by molar-refractivity contribution is 5.85. The van der Waals surface area contributed by atoms with E-state index in [0.29, 0.717) is 34.0 Å². The van der Waals surface area contributed by atoms with Crippen LogP contribution >= 0.6 is 0 Å². The maximum absolute atomic E-state index is 13.6. The fourth-order valence-corrected chi connectivity index (χ4v) is 2.78. The molecule has 29 heavy (non-hydrogen) atoms. The predicted octanol–water partition coefficient (Wildman–Crippen LogP) is 3.70. The molecule has 4 rings (SSSR count). The van der Waals surface area contributed by atoms with E-state index in [1.807, 2.05) is 6.92 Å². The number of carbonyl (C=O) groups excluding carboxylic acids is 1. The Balaban J connectivity index is 1.42. The number of carbonyl (C=O) groups is 1. The van der Waals surface area contributed by atoms with Crippen molar-refractivity contribution in [2.45, 2.75) is 25.8 Å². The molecule has 1 aliphatic heterocycles. The minimum Gasteiger partial charge on any atom is -0.453 e. The number of aromatic nitrogens is 3. The van der Waals surface area contributed by atoms with E-state index in [9.17, 15) is 9.18 Å². The van der Waals surface area contributed by atoms with Crippen LogP contribution in [0.15, 0.2) is 65.0 Å². The zero-order valence-electron chi connectivity index (χ0n) is 15.5. The van der Waals surface area contributed by atoms with E-state index in [1.54, 1.807) is 24.4 Å². The van der Waals surface area contributed by atoms with Gasteiger partial charge in [0.1, 0.15) is 17.4 Å². The molecule has 0 aliphatic carbocycles. The van der Waals surface area contributed by atoms with Crippen molar-refractivity contribution < 1.29 is 13.9 Å². The van der Waals surface area contributed by atoms with Crippen molar-refractivity contribution in [1.29, 1.82) is 0 Å². The molecular weight excluding hydrogens is 375 g/mol. The summed E-state index contributed by atoms with van der Waals surface area (Å²) in [5, 5.41) is 11.2. The Morgan fingerprint density at radius 1 is 1.21 bits per heavy atom. The monoisotopic (exact) mass is 392 g/mol. The average molecular weight is 392 g/mol. The first-order valence-electron chi connectivity index (χ1n) is 9.06. The van der Waals surface area contributed by atoms with E-state index >= 15 is 0 Å². The standard InChI is InChI=1S/C20H17FN6O2/c1-2-13-8-19(27-26-13)25-20(28)9-18-23-10-14(11-24-18)29-17-5-6-22-16-4-3-12(21)7-15(16)17/h3-8,10-11,13H,2,9H2,1H3,(H,25,28). The van der Waals surface area contributed by atoms with Crippen LogP contribution in [-0.2, 0) is 11.2 Å². The van der Waals surface area contributed by atoms with Gasteiger partial charge in [-0.1, -0.05) is 6.92 Å². The van der Waals surface area contributed by atoms with E-state index in [0.717, 1.165) is 6.42 Å². The normalized spacial score (nSPS) is 15.4. The van der Waals surface area contributed by atoms with E-state index in [4.69, 9.17) is 4.74 Å². The Morgan fingerprint density at radius 3 is 2.79 bits per heavy atom. The number of azo groups is 1. The number of rotatable bonds is 6. The third-order valence-electron chi connectivity index (χ3n) is 4.24. The molecule has 0 spiro atoms. The highest BCUT2D eigenvalue weighted by Gasteiger charge is 2.14. The van der Waals surface area contributed by atoms with Crippen LogP contribution in [0.3, 0.4) is 0 Å². The molecular formula is C20H17FN6O2. The average Bonchev–Trinajstić information content (AvgIpc) is 3.17. The Kier molecular flexibility index (Phi) is 5.19. The van der Waals surface area contributed by atoms with Gasteiger partial charge >= 0.3 is 0 Å². The van der Waals surface area contributed by atoms with Crippen LogP contribution in [0.25, 0.3) is 10.9 Å².